The number of nitrogens with zero attached hydrogens (tertiary/aromatic N) is 2. The van der Waals surface area contributed by atoms with Gasteiger partial charge in [-0.05, 0) is 55.9 Å². The highest BCUT2D eigenvalue weighted by molar-refractivity contribution is 5.98. The van der Waals surface area contributed by atoms with Crippen LogP contribution in [0.5, 0.6) is 0 Å². The number of aromatic nitrogens is 1. The molecular formula is C21H24N2O4. The molecule has 6 heteroatoms. The molecule has 3 aliphatic rings. The van der Waals surface area contributed by atoms with Crippen LogP contribution >= 0.6 is 0 Å². The first kappa shape index (κ1) is 17.1. The summed E-state index contributed by atoms with van der Waals surface area (Å²) in [5.74, 6) is 1.39. The molecule has 2 aromatic rings. The van der Waals surface area contributed by atoms with Crippen LogP contribution in [0.15, 0.2) is 21.6 Å². The highest BCUT2D eigenvalue weighted by Gasteiger charge is 2.35. The zero-order valence-corrected chi connectivity index (χ0v) is 15.7. The maximum absolute atomic E-state index is 11.1. The van der Waals surface area contributed by atoms with Gasteiger partial charge in [-0.3, -0.25) is 4.99 Å². The van der Waals surface area contributed by atoms with Gasteiger partial charge < -0.3 is 19.1 Å². The number of aliphatic hydroxyl groups excluding tert-OH is 1. The minimum atomic E-state index is -0.776. The van der Waals surface area contributed by atoms with Gasteiger partial charge in [-0.1, -0.05) is 5.16 Å². The molecule has 5 rings (SSSR count). The van der Waals surface area contributed by atoms with Crippen molar-refractivity contribution in [1.29, 1.82) is 0 Å². The quantitative estimate of drug-likeness (QED) is 0.894. The van der Waals surface area contributed by atoms with Gasteiger partial charge in [-0.2, -0.15) is 0 Å². The van der Waals surface area contributed by atoms with Crippen LogP contribution in [-0.2, 0) is 15.9 Å². The normalized spacial score (nSPS) is 23.2. The van der Waals surface area contributed by atoms with Gasteiger partial charge in [0.2, 0.25) is 0 Å². The van der Waals surface area contributed by atoms with Crippen LogP contribution in [0.1, 0.15) is 41.5 Å². The van der Waals surface area contributed by atoms with Crippen molar-refractivity contribution in [3.63, 3.8) is 0 Å². The molecule has 1 aliphatic carbocycles. The Morgan fingerprint density at radius 2 is 2.04 bits per heavy atom. The summed E-state index contributed by atoms with van der Waals surface area (Å²) in [5.41, 5.74) is 7.00. The lowest BCUT2D eigenvalue weighted by Gasteiger charge is -2.28. The first-order chi connectivity index (χ1) is 13.1. The monoisotopic (exact) mass is 368 g/mol. The number of aliphatic imine (C=N–C) groups is 1. The number of aliphatic hydroxyl groups is 1. The van der Waals surface area contributed by atoms with E-state index < -0.39 is 6.10 Å². The minimum Gasteiger partial charge on any atom is -0.386 e. The fraction of sp³-hybridized carbons (Fsp3) is 0.524. The average Bonchev–Trinajstić information content (AvgIpc) is 3.36. The molecule has 27 heavy (non-hydrogen) atoms. The molecule has 0 amide bonds. The third-order valence-corrected chi connectivity index (χ3v) is 5.73. The van der Waals surface area contributed by atoms with Gasteiger partial charge in [0.1, 0.15) is 18.0 Å². The molecule has 2 aliphatic heterocycles. The Morgan fingerprint density at radius 1 is 1.19 bits per heavy atom. The first-order valence-corrected chi connectivity index (χ1v) is 9.66. The lowest BCUT2D eigenvalue weighted by Crippen LogP contribution is -2.33. The second kappa shape index (κ2) is 6.55. The number of benzene rings is 1. The molecule has 1 saturated carbocycles. The van der Waals surface area contributed by atoms with Crippen LogP contribution in [0.4, 0.5) is 5.69 Å². The molecule has 1 aromatic carbocycles. The van der Waals surface area contributed by atoms with Crippen molar-refractivity contribution >= 4 is 11.4 Å². The van der Waals surface area contributed by atoms with Crippen LogP contribution < -0.4 is 0 Å². The number of aryl methyl sites for hydroxylation is 2. The van der Waals surface area contributed by atoms with Gasteiger partial charge in [0.15, 0.2) is 0 Å². The Labute approximate surface area is 158 Å². The largest absolute Gasteiger partial charge is 0.386 e. The smallest absolute Gasteiger partial charge is 0.141 e. The van der Waals surface area contributed by atoms with Crippen LogP contribution in [0, 0.1) is 19.8 Å². The van der Waals surface area contributed by atoms with Gasteiger partial charge in [0.25, 0.3) is 0 Å². The van der Waals surface area contributed by atoms with E-state index in [-0.39, 0.29) is 6.10 Å². The topological polar surface area (TPSA) is 77.1 Å². The maximum atomic E-state index is 11.1. The van der Waals surface area contributed by atoms with E-state index in [1.165, 1.54) is 24.1 Å². The molecule has 0 radical (unpaired) electrons. The summed E-state index contributed by atoms with van der Waals surface area (Å²) in [6.07, 6.45) is 2.16. The second-order valence-electron chi connectivity index (χ2n) is 7.76. The summed E-state index contributed by atoms with van der Waals surface area (Å²) in [4.78, 5) is 4.92. The molecule has 2 atom stereocenters. The van der Waals surface area contributed by atoms with Crippen molar-refractivity contribution in [3.8, 4) is 11.1 Å². The molecule has 1 N–H and O–H groups in total. The van der Waals surface area contributed by atoms with Gasteiger partial charge in [-0.15, -0.1) is 0 Å². The van der Waals surface area contributed by atoms with E-state index in [1.54, 1.807) is 0 Å². The van der Waals surface area contributed by atoms with Crippen LogP contribution in [0.3, 0.4) is 0 Å². The zero-order chi connectivity index (χ0) is 18.5. The standard InChI is InChI=1S/C21H24N2O4/c1-11-19(12(2)27-23-11)14-7-15-9-17(13-3-4-13)22-20(15)16(8-14)21(24)18-10-25-5-6-26-18/h7-8,13,18,21,24H,3-6,9-10H2,1-2H3. The summed E-state index contributed by atoms with van der Waals surface area (Å²) >= 11 is 0. The summed E-state index contributed by atoms with van der Waals surface area (Å²) in [5, 5.41) is 15.2. The van der Waals surface area contributed by atoms with E-state index in [9.17, 15) is 5.11 Å². The summed E-state index contributed by atoms with van der Waals surface area (Å²) in [6, 6.07) is 4.20. The van der Waals surface area contributed by atoms with Crippen molar-refractivity contribution in [3.05, 3.63) is 34.7 Å². The summed E-state index contributed by atoms with van der Waals surface area (Å²) < 4.78 is 16.6. The third kappa shape index (κ3) is 3.02. The molecule has 6 nitrogen and oxygen atoms in total. The molecule has 1 saturated heterocycles. The number of fused-ring (bicyclic) bond motifs is 1. The second-order valence-corrected chi connectivity index (χ2v) is 7.76. The van der Waals surface area contributed by atoms with Crippen molar-refractivity contribution in [2.75, 3.05) is 19.8 Å². The first-order valence-electron chi connectivity index (χ1n) is 9.66. The van der Waals surface area contributed by atoms with E-state index >= 15 is 0 Å². The summed E-state index contributed by atoms with van der Waals surface area (Å²) in [6.45, 7) is 5.33. The van der Waals surface area contributed by atoms with E-state index in [4.69, 9.17) is 19.0 Å². The van der Waals surface area contributed by atoms with E-state index in [1.807, 2.05) is 19.9 Å². The van der Waals surface area contributed by atoms with Crippen molar-refractivity contribution in [1.82, 2.24) is 5.16 Å². The molecule has 142 valence electrons. The maximum Gasteiger partial charge on any atom is 0.141 e. The molecule has 1 aromatic heterocycles. The van der Waals surface area contributed by atoms with Crippen LogP contribution in [0.2, 0.25) is 0 Å². The number of rotatable bonds is 4. The van der Waals surface area contributed by atoms with E-state index in [2.05, 4.69) is 11.2 Å². The molecule has 2 fully saturated rings. The van der Waals surface area contributed by atoms with Gasteiger partial charge in [-0.25, -0.2) is 0 Å². The predicted octanol–water partition coefficient (Wildman–Crippen LogP) is 3.45. The fourth-order valence-electron chi connectivity index (χ4n) is 4.17. The average molecular weight is 368 g/mol. The van der Waals surface area contributed by atoms with Gasteiger partial charge >= 0.3 is 0 Å². The van der Waals surface area contributed by atoms with Gasteiger partial charge in [0.05, 0.1) is 31.2 Å². The highest BCUT2D eigenvalue weighted by atomic mass is 16.6. The Balaban J connectivity index is 1.60. The van der Waals surface area contributed by atoms with E-state index in [0.29, 0.717) is 25.7 Å². The van der Waals surface area contributed by atoms with Crippen molar-refractivity contribution < 1.29 is 19.1 Å². The molecule has 0 bridgehead atoms. The number of hydrogen-bond donors (Lipinski definition) is 1. The fourth-order valence-corrected chi connectivity index (χ4v) is 4.17. The third-order valence-electron chi connectivity index (χ3n) is 5.73. The van der Waals surface area contributed by atoms with Crippen molar-refractivity contribution in [2.45, 2.75) is 45.3 Å². The molecule has 3 heterocycles. The van der Waals surface area contributed by atoms with Gasteiger partial charge in [0, 0.05) is 23.3 Å². The van der Waals surface area contributed by atoms with E-state index in [0.717, 1.165) is 40.3 Å². The SMILES string of the molecule is Cc1noc(C)c1-c1cc2c(c(C(O)C3COCCO3)c1)N=C(C1CC1)C2. The molecule has 2 unspecified atom stereocenters. The highest BCUT2D eigenvalue weighted by Crippen LogP contribution is 2.44. The Bertz CT molecular complexity index is 888. The Hall–Kier alpha value is -2.02. The Kier molecular flexibility index (Phi) is 4.15. The Morgan fingerprint density at radius 3 is 2.70 bits per heavy atom. The van der Waals surface area contributed by atoms with Crippen molar-refractivity contribution in [2.24, 2.45) is 10.9 Å². The molecule has 0 spiro atoms. The summed E-state index contributed by atoms with van der Waals surface area (Å²) in [7, 11) is 0. The minimum absolute atomic E-state index is 0.372. The molecular weight excluding hydrogens is 344 g/mol. The lowest BCUT2D eigenvalue weighted by molar-refractivity contribution is -0.133. The number of hydrogen-bond acceptors (Lipinski definition) is 6. The van der Waals surface area contributed by atoms with Crippen LogP contribution in [0.25, 0.3) is 11.1 Å². The lowest BCUT2D eigenvalue weighted by atomic mass is 9.92. The van der Waals surface area contributed by atoms with Crippen LogP contribution in [-0.4, -0.2) is 41.9 Å². The zero-order valence-electron chi connectivity index (χ0n) is 15.7. The predicted molar refractivity (Wildman–Crippen MR) is 100 cm³/mol. The number of ether oxygens (including phenoxy) is 2.